The van der Waals surface area contributed by atoms with Crippen LogP contribution in [0.25, 0.3) is 0 Å². The summed E-state index contributed by atoms with van der Waals surface area (Å²) in [5.41, 5.74) is 1.82. The van der Waals surface area contributed by atoms with Crippen LogP contribution in [0.2, 0.25) is 0 Å². The number of imide groups is 1. The molecule has 5 nitrogen and oxygen atoms in total. The first kappa shape index (κ1) is 16.0. The molecule has 1 atom stereocenters. The van der Waals surface area contributed by atoms with Gasteiger partial charge in [0.05, 0.1) is 18.3 Å². The number of nitrogens with zero attached hydrogens (tertiary/aromatic N) is 1. The lowest BCUT2D eigenvalue weighted by molar-refractivity contribution is -0.120. The van der Waals surface area contributed by atoms with Crippen LogP contribution in [0.3, 0.4) is 0 Å². The summed E-state index contributed by atoms with van der Waals surface area (Å²) in [7, 11) is 1.60. The number of hydrogen-bond acceptors (Lipinski definition) is 4. The summed E-state index contributed by atoms with van der Waals surface area (Å²) >= 11 is 0. The van der Waals surface area contributed by atoms with E-state index in [1.165, 1.54) is 6.08 Å². The molecule has 0 spiro atoms. The van der Waals surface area contributed by atoms with E-state index < -0.39 is 0 Å². The number of carbonyl (C=O) groups excluding carboxylic acids is 2. The molecule has 0 bridgehead atoms. The lowest BCUT2D eigenvalue weighted by Crippen LogP contribution is -2.35. The minimum Gasteiger partial charge on any atom is -0.382 e. The number of methoxy groups -OCH3 is 1. The summed E-state index contributed by atoms with van der Waals surface area (Å²) in [4.78, 5) is 26.0. The molecule has 0 fully saturated rings. The van der Waals surface area contributed by atoms with Gasteiger partial charge in [-0.05, 0) is 17.7 Å². The largest absolute Gasteiger partial charge is 0.382 e. The third kappa shape index (κ3) is 3.21. The summed E-state index contributed by atoms with van der Waals surface area (Å²) in [6.45, 7) is 0.383. The van der Waals surface area contributed by atoms with Gasteiger partial charge in [-0.25, -0.2) is 4.90 Å². The molecule has 0 aromatic heterocycles. The lowest BCUT2D eigenvalue weighted by Gasteiger charge is -2.21. The van der Waals surface area contributed by atoms with E-state index >= 15 is 0 Å². The van der Waals surface area contributed by atoms with Crippen molar-refractivity contribution in [1.82, 2.24) is 5.32 Å². The van der Waals surface area contributed by atoms with Gasteiger partial charge in [-0.2, -0.15) is 0 Å². The van der Waals surface area contributed by atoms with Gasteiger partial charge in [-0.15, -0.1) is 0 Å². The lowest BCUT2D eigenvalue weighted by atomic mass is 10.1. The van der Waals surface area contributed by atoms with Crippen LogP contribution in [0, 0.1) is 0 Å². The van der Waals surface area contributed by atoms with Crippen molar-refractivity contribution >= 4 is 17.5 Å². The van der Waals surface area contributed by atoms with E-state index in [4.69, 9.17) is 4.74 Å². The molecule has 0 saturated carbocycles. The molecule has 0 aliphatic carbocycles. The molecular weight excluding hydrogens is 304 g/mol. The molecule has 24 heavy (non-hydrogen) atoms. The van der Waals surface area contributed by atoms with Crippen LogP contribution in [0.5, 0.6) is 0 Å². The summed E-state index contributed by atoms with van der Waals surface area (Å²) in [6, 6.07) is 18.3. The first-order valence-corrected chi connectivity index (χ1v) is 7.66. The van der Waals surface area contributed by atoms with Crippen molar-refractivity contribution in [3.63, 3.8) is 0 Å². The van der Waals surface area contributed by atoms with Crippen molar-refractivity contribution in [1.29, 1.82) is 0 Å². The highest BCUT2D eigenvalue weighted by atomic mass is 16.5. The fourth-order valence-corrected chi connectivity index (χ4v) is 2.66. The van der Waals surface area contributed by atoms with E-state index in [-0.39, 0.29) is 23.6 Å². The number of ether oxygens (including phenoxy) is 1. The van der Waals surface area contributed by atoms with Crippen LogP contribution in [0.4, 0.5) is 5.69 Å². The predicted molar refractivity (Wildman–Crippen MR) is 91.2 cm³/mol. The number of anilines is 1. The average molecular weight is 322 g/mol. The monoisotopic (exact) mass is 322 g/mol. The minimum absolute atomic E-state index is 0.213. The Morgan fingerprint density at radius 3 is 2.25 bits per heavy atom. The summed E-state index contributed by atoms with van der Waals surface area (Å²) in [5.74, 6) is -0.707. The summed E-state index contributed by atoms with van der Waals surface area (Å²) < 4.78 is 5.24. The smallest absolute Gasteiger partial charge is 0.281 e. The zero-order valence-electron chi connectivity index (χ0n) is 13.3. The highest BCUT2D eigenvalue weighted by molar-refractivity contribution is 6.30. The van der Waals surface area contributed by atoms with Gasteiger partial charge < -0.3 is 10.1 Å². The van der Waals surface area contributed by atoms with E-state index in [0.29, 0.717) is 12.3 Å². The zero-order valence-corrected chi connectivity index (χ0v) is 13.3. The Morgan fingerprint density at radius 2 is 1.62 bits per heavy atom. The molecule has 3 rings (SSSR count). The number of carbonyl (C=O) groups is 2. The highest BCUT2D eigenvalue weighted by Crippen LogP contribution is 2.23. The van der Waals surface area contributed by atoms with Crippen molar-refractivity contribution in [2.24, 2.45) is 0 Å². The van der Waals surface area contributed by atoms with Gasteiger partial charge in [0.25, 0.3) is 11.8 Å². The Balaban J connectivity index is 1.81. The van der Waals surface area contributed by atoms with Gasteiger partial charge in [-0.1, -0.05) is 48.5 Å². The van der Waals surface area contributed by atoms with Gasteiger partial charge in [-0.3, -0.25) is 9.59 Å². The van der Waals surface area contributed by atoms with Gasteiger partial charge in [0.2, 0.25) is 0 Å². The second-order valence-electron chi connectivity index (χ2n) is 5.44. The van der Waals surface area contributed by atoms with Crippen molar-refractivity contribution in [2.45, 2.75) is 6.04 Å². The van der Waals surface area contributed by atoms with E-state index in [1.54, 1.807) is 31.4 Å². The SMILES string of the molecule is COCC(NC1=CC(=O)N(c2ccccc2)C1=O)c1ccccc1. The second kappa shape index (κ2) is 7.10. The number of nitrogens with one attached hydrogen (secondary N) is 1. The van der Waals surface area contributed by atoms with Crippen molar-refractivity contribution in [3.8, 4) is 0 Å². The topological polar surface area (TPSA) is 58.6 Å². The standard InChI is InChI=1S/C19H18N2O3/c1-24-13-17(14-8-4-2-5-9-14)20-16-12-18(22)21(19(16)23)15-10-6-3-7-11-15/h2-12,17,20H,13H2,1H3. The maximum absolute atomic E-state index is 12.6. The predicted octanol–water partition coefficient (Wildman–Crippen LogP) is 2.42. The Labute approximate surface area is 140 Å². The quantitative estimate of drug-likeness (QED) is 0.830. The Kier molecular flexibility index (Phi) is 4.72. The molecular formula is C19H18N2O3. The van der Waals surface area contributed by atoms with Crippen LogP contribution >= 0.6 is 0 Å². The molecule has 2 aromatic rings. The third-order valence-electron chi connectivity index (χ3n) is 3.80. The molecule has 2 amide bonds. The first-order valence-electron chi connectivity index (χ1n) is 7.66. The molecule has 122 valence electrons. The third-order valence-corrected chi connectivity index (χ3v) is 3.80. The molecule has 0 saturated heterocycles. The summed E-state index contributed by atoms with van der Waals surface area (Å²) in [5, 5.41) is 3.14. The average Bonchev–Trinajstić information content (AvgIpc) is 2.89. The maximum atomic E-state index is 12.6. The fraction of sp³-hybridized carbons (Fsp3) is 0.158. The minimum atomic E-state index is -0.358. The van der Waals surface area contributed by atoms with Crippen LogP contribution < -0.4 is 10.2 Å². The van der Waals surface area contributed by atoms with E-state index in [9.17, 15) is 9.59 Å². The summed E-state index contributed by atoms with van der Waals surface area (Å²) in [6.07, 6.45) is 1.33. The normalized spacial score (nSPS) is 15.4. The Bertz CT molecular complexity index is 757. The van der Waals surface area contributed by atoms with Crippen molar-refractivity contribution in [3.05, 3.63) is 78.0 Å². The molecule has 1 N–H and O–H groups in total. The van der Waals surface area contributed by atoms with E-state index in [0.717, 1.165) is 10.5 Å². The first-order chi connectivity index (χ1) is 11.7. The maximum Gasteiger partial charge on any atom is 0.281 e. The van der Waals surface area contributed by atoms with Gasteiger partial charge in [0, 0.05) is 13.2 Å². The molecule has 5 heteroatoms. The molecule has 0 radical (unpaired) electrons. The Hall–Kier alpha value is -2.92. The second-order valence-corrected chi connectivity index (χ2v) is 5.44. The fourth-order valence-electron chi connectivity index (χ4n) is 2.66. The molecule has 1 aliphatic heterocycles. The van der Waals surface area contributed by atoms with Gasteiger partial charge in [0.15, 0.2) is 0 Å². The van der Waals surface area contributed by atoms with Crippen LogP contribution in [-0.4, -0.2) is 25.5 Å². The molecule has 1 aliphatic rings. The van der Waals surface area contributed by atoms with Gasteiger partial charge >= 0.3 is 0 Å². The number of hydrogen-bond donors (Lipinski definition) is 1. The zero-order chi connectivity index (χ0) is 16.9. The van der Waals surface area contributed by atoms with Crippen molar-refractivity contribution < 1.29 is 14.3 Å². The van der Waals surface area contributed by atoms with Crippen LogP contribution in [0.15, 0.2) is 72.4 Å². The van der Waals surface area contributed by atoms with Crippen LogP contribution in [-0.2, 0) is 14.3 Å². The van der Waals surface area contributed by atoms with Crippen LogP contribution in [0.1, 0.15) is 11.6 Å². The number of rotatable bonds is 6. The van der Waals surface area contributed by atoms with Crippen molar-refractivity contribution in [2.75, 3.05) is 18.6 Å². The van der Waals surface area contributed by atoms with E-state index in [2.05, 4.69) is 5.32 Å². The number of benzene rings is 2. The number of amides is 2. The van der Waals surface area contributed by atoms with E-state index in [1.807, 2.05) is 36.4 Å². The highest BCUT2D eigenvalue weighted by Gasteiger charge is 2.33. The molecule has 1 unspecified atom stereocenters. The number of para-hydroxylation sites is 1. The van der Waals surface area contributed by atoms with Gasteiger partial charge in [0.1, 0.15) is 5.70 Å². The Morgan fingerprint density at radius 1 is 1.00 bits per heavy atom. The molecule has 2 aromatic carbocycles. The molecule has 1 heterocycles.